The Balaban J connectivity index is 3.01. The summed E-state index contributed by atoms with van der Waals surface area (Å²) in [5, 5.41) is 1.03. The molecule has 0 radical (unpaired) electrons. The van der Waals surface area contributed by atoms with Crippen molar-refractivity contribution in [3.05, 3.63) is 33.8 Å². The number of halogens is 2. The molecule has 0 saturated heterocycles. The summed E-state index contributed by atoms with van der Waals surface area (Å²) in [6.07, 6.45) is 0.898. The highest BCUT2D eigenvalue weighted by Crippen LogP contribution is 2.29. The van der Waals surface area contributed by atoms with Crippen LogP contribution in [0.1, 0.15) is 38.8 Å². The molecule has 5 heteroatoms. The number of nitrogens with two attached hydrogens (primary N) is 1. The second-order valence-electron chi connectivity index (χ2n) is 5.02. The van der Waals surface area contributed by atoms with Gasteiger partial charge in [0.25, 0.3) is 0 Å². The Morgan fingerprint density at radius 1 is 1.30 bits per heavy atom. The van der Waals surface area contributed by atoms with Gasteiger partial charge in [0.1, 0.15) is 0 Å². The van der Waals surface area contributed by atoms with E-state index in [2.05, 4.69) is 6.92 Å². The number of benzene rings is 1. The van der Waals surface area contributed by atoms with Gasteiger partial charge >= 0.3 is 0 Å². The quantitative estimate of drug-likeness (QED) is 0.865. The monoisotopic (exact) mass is 316 g/mol. The van der Waals surface area contributed by atoms with Crippen LogP contribution in [-0.2, 0) is 4.79 Å². The normalized spacial score (nSPS) is 13.9. The second-order valence-corrected chi connectivity index (χ2v) is 5.83. The average molecular weight is 317 g/mol. The van der Waals surface area contributed by atoms with E-state index in [4.69, 9.17) is 28.9 Å². The number of carbonyl (C=O) groups is 1. The second kappa shape index (κ2) is 7.87. The SMILES string of the molecule is CCCN(C(=O)C(C)CN)C(C)c1ccc(Cl)c(Cl)c1. The minimum Gasteiger partial charge on any atom is -0.336 e. The Hall–Kier alpha value is -0.770. The number of carbonyl (C=O) groups excluding carboxylic acids is 1. The molecular weight excluding hydrogens is 295 g/mol. The molecule has 0 aromatic heterocycles. The maximum Gasteiger partial charge on any atom is 0.227 e. The Kier molecular flexibility index (Phi) is 6.80. The predicted octanol–water partition coefficient (Wildman–Crippen LogP) is 3.89. The zero-order valence-corrected chi connectivity index (χ0v) is 13.7. The number of rotatable bonds is 6. The molecule has 1 rings (SSSR count). The molecule has 0 spiro atoms. The summed E-state index contributed by atoms with van der Waals surface area (Å²) in [6, 6.07) is 5.43. The van der Waals surface area contributed by atoms with Crippen molar-refractivity contribution in [3.63, 3.8) is 0 Å². The van der Waals surface area contributed by atoms with Gasteiger partial charge < -0.3 is 10.6 Å². The summed E-state index contributed by atoms with van der Waals surface area (Å²) in [4.78, 5) is 14.3. The van der Waals surface area contributed by atoms with Crippen LogP contribution in [0.2, 0.25) is 10.0 Å². The molecule has 2 N–H and O–H groups in total. The van der Waals surface area contributed by atoms with Gasteiger partial charge in [-0.1, -0.05) is 43.1 Å². The summed E-state index contributed by atoms with van der Waals surface area (Å²) in [7, 11) is 0. The molecule has 0 bridgehead atoms. The van der Waals surface area contributed by atoms with E-state index >= 15 is 0 Å². The lowest BCUT2D eigenvalue weighted by Gasteiger charge is -2.31. The van der Waals surface area contributed by atoms with Crippen LogP contribution in [0, 0.1) is 5.92 Å². The van der Waals surface area contributed by atoms with Gasteiger partial charge in [-0.15, -0.1) is 0 Å². The number of nitrogens with zero attached hydrogens (tertiary/aromatic N) is 1. The van der Waals surface area contributed by atoms with Crippen molar-refractivity contribution in [2.24, 2.45) is 11.7 Å². The molecular formula is C15H22Cl2N2O. The van der Waals surface area contributed by atoms with E-state index in [0.717, 1.165) is 12.0 Å². The molecule has 0 heterocycles. The molecule has 3 nitrogen and oxygen atoms in total. The minimum absolute atomic E-state index is 0.0498. The van der Waals surface area contributed by atoms with Crippen molar-refractivity contribution < 1.29 is 4.79 Å². The Bertz CT molecular complexity index is 465. The van der Waals surface area contributed by atoms with Crippen LogP contribution in [-0.4, -0.2) is 23.9 Å². The van der Waals surface area contributed by atoms with Gasteiger partial charge in [-0.05, 0) is 31.0 Å². The van der Waals surface area contributed by atoms with Gasteiger partial charge in [0, 0.05) is 19.0 Å². The molecule has 112 valence electrons. The van der Waals surface area contributed by atoms with Gasteiger partial charge in [0.05, 0.1) is 16.1 Å². The Morgan fingerprint density at radius 2 is 1.95 bits per heavy atom. The third-order valence-corrected chi connectivity index (χ3v) is 4.16. The lowest BCUT2D eigenvalue weighted by atomic mass is 10.0. The summed E-state index contributed by atoms with van der Waals surface area (Å²) >= 11 is 12.0. The molecule has 20 heavy (non-hydrogen) atoms. The van der Waals surface area contributed by atoms with E-state index in [1.165, 1.54) is 0 Å². The molecule has 0 aliphatic carbocycles. The van der Waals surface area contributed by atoms with Crippen LogP contribution in [0.3, 0.4) is 0 Å². The molecule has 1 amide bonds. The van der Waals surface area contributed by atoms with Crippen molar-refractivity contribution >= 4 is 29.1 Å². The minimum atomic E-state index is -0.174. The first-order valence-electron chi connectivity index (χ1n) is 6.87. The van der Waals surface area contributed by atoms with Crippen LogP contribution in [0.15, 0.2) is 18.2 Å². The lowest BCUT2D eigenvalue weighted by molar-refractivity contribution is -0.137. The van der Waals surface area contributed by atoms with Crippen molar-refractivity contribution in [1.29, 1.82) is 0 Å². The van der Waals surface area contributed by atoms with Crippen molar-refractivity contribution in [1.82, 2.24) is 4.90 Å². The molecule has 0 saturated carbocycles. The van der Waals surface area contributed by atoms with Crippen LogP contribution >= 0.6 is 23.2 Å². The van der Waals surface area contributed by atoms with E-state index in [1.807, 2.05) is 30.9 Å². The fraction of sp³-hybridized carbons (Fsp3) is 0.533. The number of hydrogen-bond donors (Lipinski definition) is 1. The molecule has 2 unspecified atom stereocenters. The zero-order chi connectivity index (χ0) is 15.3. The first-order chi connectivity index (χ1) is 9.42. The van der Waals surface area contributed by atoms with Crippen LogP contribution < -0.4 is 5.73 Å². The summed E-state index contributed by atoms with van der Waals surface area (Å²) in [5.74, 6) is -0.0975. The lowest BCUT2D eigenvalue weighted by Crippen LogP contribution is -2.40. The maximum atomic E-state index is 12.4. The third kappa shape index (κ3) is 4.11. The van der Waals surface area contributed by atoms with E-state index < -0.39 is 0 Å². The molecule has 0 aliphatic rings. The number of amides is 1. The predicted molar refractivity (Wildman–Crippen MR) is 85.1 cm³/mol. The molecule has 0 aliphatic heterocycles. The molecule has 0 fully saturated rings. The van der Waals surface area contributed by atoms with Gasteiger partial charge in [0.2, 0.25) is 5.91 Å². The molecule has 1 aromatic rings. The first kappa shape index (κ1) is 17.3. The largest absolute Gasteiger partial charge is 0.336 e. The Labute approximate surface area is 131 Å². The third-order valence-electron chi connectivity index (χ3n) is 3.42. The topological polar surface area (TPSA) is 46.3 Å². The van der Waals surface area contributed by atoms with Crippen LogP contribution in [0.4, 0.5) is 0 Å². The smallest absolute Gasteiger partial charge is 0.227 e. The van der Waals surface area contributed by atoms with E-state index in [1.54, 1.807) is 6.07 Å². The highest BCUT2D eigenvalue weighted by atomic mass is 35.5. The first-order valence-corrected chi connectivity index (χ1v) is 7.63. The molecule has 1 aromatic carbocycles. The van der Waals surface area contributed by atoms with Gasteiger partial charge in [-0.2, -0.15) is 0 Å². The standard InChI is InChI=1S/C15H22Cl2N2O/c1-4-7-19(15(20)10(2)9-18)11(3)12-5-6-13(16)14(17)8-12/h5-6,8,10-11H,4,7,9,18H2,1-3H3. The fourth-order valence-electron chi connectivity index (χ4n) is 2.07. The summed E-state index contributed by atoms with van der Waals surface area (Å²) in [5.41, 5.74) is 6.58. The molecule has 2 atom stereocenters. The van der Waals surface area contributed by atoms with Crippen molar-refractivity contribution in [2.45, 2.75) is 33.2 Å². The highest BCUT2D eigenvalue weighted by Gasteiger charge is 2.24. The van der Waals surface area contributed by atoms with Crippen molar-refractivity contribution in [2.75, 3.05) is 13.1 Å². The maximum absolute atomic E-state index is 12.4. The Morgan fingerprint density at radius 3 is 2.45 bits per heavy atom. The van der Waals surface area contributed by atoms with E-state index in [9.17, 15) is 4.79 Å². The van der Waals surface area contributed by atoms with Gasteiger partial charge in [-0.3, -0.25) is 4.79 Å². The summed E-state index contributed by atoms with van der Waals surface area (Å²) in [6.45, 7) is 6.95. The number of hydrogen-bond acceptors (Lipinski definition) is 2. The van der Waals surface area contributed by atoms with Gasteiger partial charge in [0.15, 0.2) is 0 Å². The van der Waals surface area contributed by atoms with E-state index in [0.29, 0.717) is 23.1 Å². The zero-order valence-electron chi connectivity index (χ0n) is 12.2. The van der Waals surface area contributed by atoms with Crippen molar-refractivity contribution in [3.8, 4) is 0 Å². The van der Waals surface area contributed by atoms with E-state index in [-0.39, 0.29) is 17.9 Å². The average Bonchev–Trinajstić information content (AvgIpc) is 2.45. The van der Waals surface area contributed by atoms with Gasteiger partial charge in [-0.25, -0.2) is 0 Å². The fourth-order valence-corrected chi connectivity index (χ4v) is 2.38. The van der Waals surface area contributed by atoms with Crippen LogP contribution in [0.5, 0.6) is 0 Å². The summed E-state index contributed by atoms with van der Waals surface area (Å²) < 4.78 is 0. The van der Waals surface area contributed by atoms with Crippen LogP contribution in [0.25, 0.3) is 0 Å². The highest BCUT2D eigenvalue weighted by molar-refractivity contribution is 6.42.